The van der Waals surface area contributed by atoms with Crippen molar-refractivity contribution in [3.63, 3.8) is 0 Å². The lowest BCUT2D eigenvalue weighted by atomic mass is 10.6. The summed E-state index contributed by atoms with van der Waals surface area (Å²) in [7, 11) is 0. The number of hydrogen-bond donors (Lipinski definition) is 0. The van der Waals surface area contributed by atoms with Crippen LogP contribution in [0.25, 0.3) is 0 Å². The molecule has 3 nitrogen and oxygen atoms in total. The molecule has 2 heterocycles. The average molecular weight is 172 g/mol. The lowest BCUT2D eigenvalue weighted by molar-refractivity contribution is 0.541. The van der Waals surface area contributed by atoms with Crippen LogP contribution in [-0.4, -0.2) is 15.3 Å². The van der Waals surface area contributed by atoms with Crippen LogP contribution in [-0.2, 0) is 6.54 Å². The largest absolute Gasteiger partial charge is 0.290 e. The van der Waals surface area contributed by atoms with E-state index < -0.39 is 11.4 Å². The monoisotopic (exact) mass is 172 g/mol. The van der Waals surface area contributed by atoms with Crippen molar-refractivity contribution in [3.05, 3.63) is 22.4 Å². The molecule has 2 rings (SSSR count). The van der Waals surface area contributed by atoms with Gasteiger partial charge in [0, 0.05) is 12.3 Å². The Morgan fingerprint density at radius 2 is 2.55 bits per heavy atom. The second-order valence-corrected chi connectivity index (χ2v) is 3.26. The molecule has 1 aliphatic heterocycles. The van der Waals surface area contributed by atoms with Crippen LogP contribution in [0.2, 0.25) is 0 Å². The summed E-state index contributed by atoms with van der Waals surface area (Å²) in [6, 6.07) is 0. The zero-order valence-electron chi connectivity index (χ0n) is 5.58. The Hall–Kier alpha value is -0.840. The molecule has 1 aromatic heterocycles. The third kappa shape index (κ3) is 0.956. The third-order valence-corrected chi connectivity index (χ3v) is 2.49. The van der Waals surface area contributed by atoms with Crippen LogP contribution in [0.1, 0.15) is 0 Å². The second-order valence-electron chi connectivity index (χ2n) is 2.19. The molecule has 0 saturated heterocycles. The number of halogens is 1. The summed E-state index contributed by atoms with van der Waals surface area (Å²) in [4.78, 5) is 14.8. The van der Waals surface area contributed by atoms with Gasteiger partial charge in [0.15, 0.2) is 5.16 Å². The number of rotatable bonds is 0. The van der Waals surface area contributed by atoms with Gasteiger partial charge in [-0.25, -0.2) is 4.98 Å². The zero-order chi connectivity index (χ0) is 7.84. The van der Waals surface area contributed by atoms with Gasteiger partial charge in [0.05, 0.1) is 6.20 Å². The molecule has 1 aromatic rings. The average Bonchev–Trinajstić information content (AvgIpc) is 2.45. The van der Waals surface area contributed by atoms with Crippen molar-refractivity contribution in [2.45, 2.75) is 11.7 Å². The Balaban J connectivity index is 2.72. The van der Waals surface area contributed by atoms with Crippen molar-refractivity contribution in [1.82, 2.24) is 9.55 Å². The predicted octanol–water partition coefficient (Wildman–Crippen LogP) is 0.488. The molecule has 0 saturated carbocycles. The maximum Gasteiger partial charge on any atom is 0.290 e. The van der Waals surface area contributed by atoms with Gasteiger partial charge in [-0.15, -0.1) is 0 Å². The predicted molar refractivity (Wildman–Crippen MR) is 39.2 cm³/mol. The molecule has 0 amide bonds. The first-order valence-electron chi connectivity index (χ1n) is 3.17. The minimum atomic E-state index is -0.767. The molecule has 0 spiro atoms. The standard InChI is InChI=1S/C6H5FN2OS/c7-4-3-8-6-9(5(4)10)1-2-11-6/h3H,1-2H2. The van der Waals surface area contributed by atoms with Crippen molar-refractivity contribution in [1.29, 1.82) is 0 Å². The summed E-state index contributed by atoms with van der Waals surface area (Å²) in [5.41, 5.74) is -0.556. The summed E-state index contributed by atoms with van der Waals surface area (Å²) in [6.07, 6.45) is 0.979. The minimum absolute atomic E-state index is 0.556. The summed E-state index contributed by atoms with van der Waals surface area (Å²) >= 11 is 1.48. The smallest absolute Gasteiger partial charge is 0.284 e. The van der Waals surface area contributed by atoms with Crippen LogP contribution in [0.5, 0.6) is 0 Å². The Morgan fingerprint density at radius 3 is 3.36 bits per heavy atom. The number of hydrogen-bond acceptors (Lipinski definition) is 3. The van der Waals surface area contributed by atoms with Crippen molar-refractivity contribution >= 4 is 11.8 Å². The first kappa shape index (κ1) is 6.84. The molecule has 11 heavy (non-hydrogen) atoms. The topological polar surface area (TPSA) is 34.9 Å². The van der Waals surface area contributed by atoms with Gasteiger partial charge >= 0.3 is 0 Å². The molecular weight excluding hydrogens is 167 g/mol. The van der Waals surface area contributed by atoms with E-state index in [0.29, 0.717) is 11.7 Å². The summed E-state index contributed by atoms with van der Waals surface area (Å²) < 4.78 is 13.9. The van der Waals surface area contributed by atoms with Gasteiger partial charge in [0.2, 0.25) is 5.82 Å². The lowest BCUT2D eigenvalue weighted by Crippen LogP contribution is -2.22. The Labute approximate surface area is 66.3 Å². The fourth-order valence-corrected chi connectivity index (χ4v) is 1.91. The molecule has 1 aliphatic rings. The van der Waals surface area contributed by atoms with Crippen LogP contribution in [0.3, 0.4) is 0 Å². The maximum absolute atomic E-state index is 12.6. The summed E-state index contributed by atoms with van der Waals surface area (Å²) in [5.74, 6) is 0.0438. The third-order valence-electron chi connectivity index (χ3n) is 1.51. The van der Waals surface area contributed by atoms with E-state index in [9.17, 15) is 9.18 Å². The van der Waals surface area contributed by atoms with Gasteiger partial charge in [-0.05, 0) is 0 Å². The molecule has 0 aliphatic carbocycles. The number of nitrogens with zero attached hydrogens (tertiary/aromatic N) is 2. The van der Waals surface area contributed by atoms with E-state index in [1.807, 2.05) is 0 Å². The quantitative estimate of drug-likeness (QED) is 0.534. The van der Waals surface area contributed by atoms with Gasteiger partial charge in [0.1, 0.15) is 0 Å². The van der Waals surface area contributed by atoms with Crippen molar-refractivity contribution < 1.29 is 4.39 Å². The van der Waals surface area contributed by atoms with Crippen LogP contribution in [0.15, 0.2) is 16.1 Å². The lowest BCUT2D eigenvalue weighted by Gasteiger charge is -1.97. The van der Waals surface area contributed by atoms with Gasteiger partial charge in [-0.2, -0.15) is 4.39 Å². The second kappa shape index (κ2) is 2.34. The van der Waals surface area contributed by atoms with E-state index in [4.69, 9.17) is 0 Å². The molecule has 0 unspecified atom stereocenters. The molecule has 0 aromatic carbocycles. The molecule has 0 bridgehead atoms. The van der Waals surface area contributed by atoms with Crippen molar-refractivity contribution in [2.24, 2.45) is 0 Å². The molecule has 5 heteroatoms. The van der Waals surface area contributed by atoms with E-state index >= 15 is 0 Å². The van der Waals surface area contributed by atoms with E-state index in [0.717, 1.165) is 11.9 Å². The van der Waals surface area contributed by atoms with Crippen LogP contribution in [0.4, 0.5) is 4.39 Å². The number of aromatic nitrogens is 2. The highest BCUT2D eigenvalue weighted by Gasteiger charge is 2.15. The first-order chi connectivity index (χ1) is 5.29. The number of thioether (sulfide) groups is 1. The van der Waals surface area contributed by atoms with Gasteiger partial charge in [0.25, 0.3) is 5.56 Å². The van der Waals surface area contributed by atoms with E-state index in [2.05, 4.69) is 4.98 Å². The molecule has 58 valence electrons. The van der Waals surface area contributed by atoms with Crippen molar-refractivity contribution in [2.75, 3.05) is 5.75 Å². The molecule has 0 N–H and O–H groups in total. The normalized spacial score (nSPS) is 15.0. The fraction of sp³-hybridized carbons (Fsp3) is 0.333. The van der Waals surface area contributed by atoms with E-state index in [1.54, 1.807) is 0 Å². The zero-order valence-corrected chi connectivity index (χ0v) is 6.40. The van der Waals surface area contributed by atoms with Crippen LogP contribution in [0, 0.1) is 5.82 Å². The number of fused-ring (bicyclic) bond motifs is 1. The van der Waals surface area contributed by atoms with Gasteiger partial charge in [-0.1, -0.05) is 11.8 Å². The summed E-state index contributed by atoms with van der Waals surface area (Å²) in [6.45, 7) is 0.573. The van der Waals surface area contributed by atoms with Crippen LogP contribution >= 0.6 is 11.8 Å². The fourth-order valence-electron chi connectivity index (χ4n) is 0.993. The van der Waals surface area contributed by atoms with E-state index in [1.165, 1.54) is 16.3 Å². The highest BCUT2D eigenvalue weighted by Crippen LogP contribution is 2.19. The summed E-state index contributed by atoms with van der Waals surface area (Å²) in [5, 5.41) is 0.622. The van der Waals surface area contributed by atoms with E-state index in [-0.39, 0.29) is 0 Å². The molecule has 0 radical (unpaired) electrons. The Morgan fingerprint density at radius 1 is 1.73 bits per heavy atom. The van der Waals surface area contributed by atoms with Crippen molar-refractivity contribution in [3.8, 4) is 0 Å². The Kier molecular flexibility index (Phi) is 1.45. The maximum atomic E-state index is 12.6. The van der Waals surface area contributed by atoms with Gasteiger partial charge < -0.3 is 0 Å². The van der Waals surface area contributed by atoms with Gasteiger partial charge in [-0.3, -0.25) is 9.36 Å². The SMILES string of the molecule is O=c1c(F)cnc2n1CCS2. The molecular formula is C6H5FN2OS. The molecule has 0 atom stereocenters. The highest BCUT2D eigenvalue weighted by molar-refractivity contribution is 7.99. The Bertz CT molecular complexity index is 349. The van der Waals surface area contributed by atoms with Crippen LogP contribution < -0.4 is 5.56 Å². The first-order valence-corrected chi connectivity index (χ1v) is 4.16. The highest BCUT2D eigenvalue weighted by atomic mass is 32.2. The minimum Gasteiger partial charge on any atom is -0.284 e. The molecule has 0 fully saturated rings.